The van der Waals surface area contributed by atoms with E-state index >= 15 is 0 Å². The summed E-state index contributed by atoms with van der Waals surface area (Å²) < 4.78 is 5.28. The molecular weight excluding hydrogens is 320 g/mol. The first-order chi connectivity index (χ1) is 12.0. The third-order valence-corrected chi connectivity index (χ3v) is 3.92. The van der Waals surface area contributed by atoms with E-state index in [-0.39, 0.29) is 11.7 Å². The number of morpholine rings is 1. The van der Waals surface area contributed by atoms with E-state index in [0.29, 0.717) is 49.2 Å². The van der Waals surface area contributed by atoms with Crippen LogP contribution in [0.25, 0.3) is 0 Å². The maximum absolute atomic E-state index is 12.6. The maximum atomic E-state index is 12.6. The van der Waals surface area contributed by atoms with Gasteiger partial charge in [-0.05, 0) is 38.1 Å². The first-order valence-corrected chi connectivity index (χ1v) is 8.13. The first-order valence-electron chi connectivity index (χ1n) is 8.13. The number of amides is 1. The summed E-state index contributed by atoms with van der Waals surface area (Å²) in [5, 5.41) is 3.15. The van der Waals surface area contributed by atoms with E-state index in [1.807, 2.05) is 0 Å². The molecule has 0 unspecified atom stereocenters. The lowest BCUT2D eigenvalue weighted by atomic mass is 10.1. The fourth-order valence-electron chi connectivity index (χ4n) is 2.61. The summed E-state index contributed by atoms with van der Waals surface area (Å²) >= 11 is 0. The van der Waals surface area contributed by atoms with E-state index in [2.05, 4.69) is 15.3 Å². The second kappa shape index (κ2) is 7.40. The predicted octanol–water partition coefficient (Wildman–Crippen LogP) is 2.20. The Balaban J connectivity index is 1.79. The minimum Gasteiger partial charge on any atom is -0.378 e. The summed E-state index contributed by atoms with van der Waals surface area (Å²) in [6, 6.07) is 8.75. The molecule has 2 heterocycles. The van der Waals surface area contributed by atoms with E-state index in [1.54, 1.807) is 42.2 Å². The summed E-state index contributed by atoms with van der Waals surface area (Å²) in [5.41, 5.74) is 1.79. The number of carbonyl (C=O) groups excluding carboxylic acids is 2. The Morgan fingerprint density at radius 3 is 2.44 bits per heavy atom. The van der Waals surface area contributed by atoms with Crippen molar-refractivity contribution in [1.82, 2.24) is 14.9 Å². The molecule has 0 saturated carbocycles. The van der Waals surface area contributed by atoms with Gasteiger partial charge in [-0.25, -0.2) is 9.97 Å². The molecule has 7 heteroatoms. The number of anilines is 2. The van der Waals surface area contributed by atoms with Gasteiger partial charge in [0.25, 0.3) is 5.91 Å². The van der Waals surface area contributed by atoms with Gasteiger partial charge < -0.3 is 15.0 Å². The standard InChI is InChI=1S/C18H20N4O3/c1-12(23)14-3-5-15(6-4-14)21-17-11-16(19-13(2)20-17)18(24)22-7-9-25-10-8-22/h3-6,11H,7-10H2,1-2H3,(H,19,20,21). The molecule has 7 nitrogen and oxygen atoms in total. The Labute approximate surface area is 146 Å². The number of nitrogens with zero attached hydrogens (tertiary/aromatic N) is 3. The van der Waals surface area contributed by atoms with Crippen molar-refractivity contribution in [2.24, 2.45) is 0 Å². The minimum atomic E-state index is -0.122. The molecule has 2 aromatic rings. The van der Waals surface area contributed by atoms with Gasteiger partial charge >= 0.3 is 0 Å². The molecule has 25 heavy (non-hydrogen) atoms. The number of carbonyl (C=O) groups is 2. The van der Waals surface area contributed by atoms with Gasteiger partial charge in [0.1, 0.15) is 17.3 Å². The third-order valence-electron chi connectivity index (χ3n) is 3.92. The van der Waals surface area contributed by atoms with Crippen molar-refractivity contribution >= 4 is 23.2 Å². The Kier molecular flexibility index (Phi) is 5.04. The van der Waals surface area contributed by atoms with Crippen LogP contribution in [-0.4, -0.2) is 52.9 Å². The number of Topliss-reactive ketones (excluding diaryl/α,β-unsaturated/α-hetero) is 1. The Morgan fingerprint density at radius 2 is 1.80 bits per heavy atom. The van der Waals surface area contributed by atoms with Crippen LogP contribution in [-0.2, 0) is 4.74 Å². The van der Waals surface area contributed by atoms with E-state index < -0.39 is 0 Å². The third kappa shape index (κ3) is 4.19. The number of nitrogens with one attached hydrogen (secondary N) is 1. The highest BCUT2D eigenvalue weighted by Crippen LogP contribution is 2.17. The Bertz CT molecular complexity index is 783. The molecule has 1 aliphatic rings. The molecule has 1 aromatic heterocycles. The zero-order valence-corrected chi connectivity index (χ0v) is 14.3. The van der Waals surface area contributed by atoms with Crippen LogP contribution >= 0.6 is 0 Å². The van der Waals surface area contributed by atoms with Gasteiger partial charge in [-0.1, -0.05) is 0 Å². The number of ether oxygens (including phenoxy) is 1. The summed E-state index contributed by atoms with van der Waals surface area (Å²) in [6.07, 6.45) is 0. The zero-order valence-electron chi connectivity index (χ0n) is 14.3. The number of rotatable bonds is 4. The van der Waals surface area contributed by atoms with Crippen LogP contribution in [0.2, 0.25) is 0 Å². The van der Waals surface area contributed by atoms with Gasteiger partial charge in [0, 0.05) is 30.4 Å². The molecule has 0 spiro atoms. The summed E-state index contributed by atoms with van der Waals surface area (Å²) in [4.78, 5) is 34.3. The average molecular weight is 340 g/mol. The SMILES string of the molecule is CC(=O)c1ccc(Nc2cc(C(=O)N3CCOCC3)nc(C)n2)cc1. The number of ketones is 1. The highest BCUT2D eigenvalue weighted by molar-refractivity contribution is 5.94. The molecule has 0 bridgehead atoms. The number of aryl methyl sites for hydroxylation is 1. The van der Waals surface area contributed by atoms with Gasteiger partial charge in [-0.3, -0.25) is 9.59 Å². The smallest absolute Gasteiger partial charge is 0.272 e. The monoisotopic (exact) mass is 340 g/mol. The van der Waals surface area contributed by atoms with Crippen molar-refractivity contribution in [3.8, 4) is 0 Å². The average Bonchev–Trinajstić information content (AvgIpc) is 2.62. The van der Waals surface area contributed by atoms with Crippen LogP contribution in [0, 0.1) is 6.92 Å². The van der Waals surface area contributed by atoms with Gasteiger partial charge in [-0.15, -0.1) is 0 Å². The van der Waals surface area contributed by atoms with E-state index in [1.165, 1.54) is 6.92 Å². The van der Waals surface area contributed by atoms with E-state index in [9.17, 15) is 9.59 Å². The van der Waals surface area contributed by atoms with Crippen LogP contribution in [0.3, 0.4) is 0 Å². The Morgan fingerprint density at radius 1 is 1.12 bits per heavy atom. The van der Waals surface area contributed by atoms with E-state index in [0.717, 1.165) is 5.69 Å². The van der Waals surface area contributed by atoms with Gasteiger partial charge in [0.2, 0.25) is 0 Å². The van der Waals surface area contributed by atoms with Crippen molar-refractivity contribution in [2.75, 3.05) is 31.6 Å². The normalized spacial score (nSPS) is 14.2. The molecule has 1 N–H and O–H groups in total. The first kappa shape index (κ1) is 17.0. The number of hydrogen-bond acceptors (Lipinski definition) is 6. The molecule has 1 aliphatic heterocycles. The van der Waals surface area contributed by atoms with Crippen molar-refractivity contribution < 1.29 is 14.3 Å². The lowest BCUT2D eigenvalue weighted by Crippen LogP contribution is -2.41. The highest BCUT2D eigenvalue weighted by atomic mass is 16.5. The molecule has 1 saturated heterocycles. The topological polar surface area (TPSA) is 84.4 Å². The van der Waals surface area contributed by atoms with Crippen LogP contribution in [0.4, 0.5) is 11.5 Å². The van der Waals surface area contributed by atoms with Crippen LogP contribution < -0.4 is 5.32 Å². The molecule has 0 atom stereocenters. The maximum Gasteiger partial charge on any atom is 0.272 e. The van der Waals surface area contributed by atoms with Crippen molar-refractivity contribution in [3.63, 3.8) is 0 Å². The quantitative estimate of drug-likeness (QED) is 0.859. The molecule has 1 amide bonds. The lowest BCUT2D eigenvalue weighted by molar-refractivity contribution is 0.0299. The summed E-state index contributed by atoms with van der Waals surface area (Å²) in [6.45, 7) is 5.50. The van der Waals surface area contributed by atoms with Crippen LogP contribution in [0.5, 0.6) is 0 Å². The molecule has 0 aliphatic carbocycles. The molecule has 1 aromatic carbocycles. The van der Waals surface area contributed by atoms with Crippen LogP contribution in [0.1, 0.15) is 33.6 Å². The second-order valence-corrected chi connectivity index (χ2v) is 5.85. The summed E-state index contributed by atoms with van der Waals surface area (Å²) in [7, 11) is 0. The Hall–Kier alpha value is -2.80. The molecular formula is C18H20N4O3. The van der Waals surface area contributed by atoms with Crippen molar-refractivity contribution in [3.05, 3.63) is 47.4 Å². The van der Waals surface area contributed by atoms with Gasteiger partial charge in [0.05, 0.1) is 13.2 Å². The van der Waals surface area contributed by atoms with Crippen molar-refractivity contribution in [2.45, 2.75) is 13.8 Å². The number of hydrogen-bond donors (Lipinski definition) is 1. The lowest BCUT2D eigenvalue weighted by Gasteiger charge is -2.26. The molecule has 1 fully saturated rings. The summed E-state index contributed by atoms with van der Waals surface area (Å²) in [5.74, 6) is 0.952. The fraction of sp³-hybridized carbons (Fsp3) is 0.333. The minimum absolute atomic E-state index is 0.0165. The van der Waals surface area contributed by atoms with Crippen molar-refractivity contribution in [1.29, 1.82) is 0 Å². The van der Waals surface area contributed by atoms with Crippen LogP contribution in [0.15, 0.2) is 30.3 Å². The number of aromatic nitrogens is 2. The highest BCUT2D eigenvalue weighted by Gasteiger charge is 2.20. The zero-order chi connectivity index (χ0) is 17.8. The predicted molar refractivity (Wildman–Crippen MR) is 93.2 cm³/mol. The molecule has 0 radical (unpaired) electrons. The van der Waals surface area contributed by atoms with E-state index in [4.69, 9.17) is 4.74 Å². The largest absolute Gasteiger partial charge is 0.378 e. The molecule has 3 rings (SSSR count). The molecule has 130 valence electrons. The fourth-order valence-corrected chi connectivity index (χ4v) is 2.61. The second-order valence-electron chi connectivity index (χ2n) is 5.85. The van der Waals surface area contributed by atoms with Gasteiger partial charge in [-0.2, -0.15) is 0 Å². The van der Waals surface area contributed by atoms with Gasteiger partial charge in [0.15, 0.2) is 5.78 Å². The number of benzene rings is 1.